The molecule has 0 aliphatic rings. The van der Waals surface area contributed by atoms with Crippen molar-refractivity contribution < 1.29 is 14.7 Å². The van der Waals surface area contributed by atoms with Crippen molar-refractivity contribution in [2.75, 3.05) is 0 Å². The quantitative estimate of drug-likeness (QED) is 0.752. The van der Waals surface area contributed by atoms with Crippen LogP contribution in [0.25, 0.3) is 10.8 Å². The molecular formula is C15H17N3O4. The van der Waals surface area contributed by atoms with Gasteiger partial charge in [-0.05, 0) is 12.0 Å². The number of aromatic amines is 1. The first-order valence-electron chi connectivity index (χ1n) is 6.88. The molecule has 0 bridgehead atoms. The molecule has 22 heavy (non-hydrogen) atoms. The van der Waals surface area contributed by atoms with Crippen LogP contribution in [-0.4, -0.2) is 33.2 Å². The van der Waals surface area contributed by atoms with E-state index in [1.165, 1.54) is 0 Å². The van der Waals surface area contributed by atoms with E-state index in [0.717, 1.165) is 0 Å². The minimum absolute atomic E-state index is 0.103. The van der Waals surface area contributed by atoms with Crippen LogP contribution in [0.5, 0.6) is 0 Å². The maximum atomic E-state index is 12.1. The summed E-state index contributed by atoms with van der Waals surface area (Å²) in [6.07, 6.45) is -0.103. The lowest BCUT2D eigenvalue weighted by atomic mass is 10.0. The summed E-state index contributed by atoms with van der Waals surface area (Å²) >= 11 is 0. The number of carboxylic acids is 1. The highest BCUT2D eigenvalue weighted by atomic mass is 16.4. The van der Waals surface area contributed by atoms with Gasteiger partial charge in [0, 0.05) is 5.39 Å². The van der Waals surface area contributed by atoms with E-state index in [-0.39, 0.29) is 17.9 Å². The zero-order valence-corrected chi connectivity index (χ0v) is 12.3. The summed E-state index contributed by atoms with van der Waals surface area (Å²) in [5.74, 6) is -1.77. The van der Waals surface area contributed by atoms with Gasteiger partial charge in [0.25, 0.3) is 5.56 Å². The number of H-pyrrole nitrogens is 1. The molecule has 1 aromatic heterocycles. The van der Waals surface area contributed by atoms with E-state index in [0.29, 0.717) is 16.5 Å². The van der Waals surface area contributed by atoms with E-state index in [9.17, 15) is 14.4 Å². The normalized spacial score (nSPS) is 12.3. The molecule has 0 saturated carbocycles. The zero-order chi connectivity index (χ0) is 16.3. The van der Waals surface area contributed by atoms with E-state index < -0.39 is 17.9 Å². The van der Waals surface area contributed by atoms with Gasteiger partial charge in [0.15, 0.2) is 0 Å². The number of fused-ring (bicyclic) bond motifs is 1. The number of rotatable bonds is 5. The van der Waals surface area contributed by atoms with E-state index in [1.807, 2.05) is 0 Å². The number of hydrogen-bond acceptors (Lipinski definition) is 4. The molecular weight excluding hydrogens is 286 g/mol. The van der Waals surface area contributed by atoms with Crippen LogP contribution in [0, 0.1) is 5.92 Å². The SMILES string of the molecule is CC(C)[C@H](NC(=O)Cc1n[nH]c(=O)c2ccccc12)C(=O)O. The van der Waals surface area contributed by atoms with Crippen molar-refractivity contribution in [3.63, 3.8) is 0 Å². The Morgan fingerprint density at radius 2 is 1.91 bits per heavy atom. The summed E-state index contributed by atoms with van der Waals surface area (Å²) in [6.45, 7) is 3.43. The Kier molecular flexibility index (Phi) is 4.55. The van der Waals surface area contributed by atoms with Crippen molar-refractivity contribution in [3.8, 4) is 0 Å². The summed E-state index contributed by atoms with van der Waals surface area (Å²) in [5.41, 5.74) is 0.0749. The minimum atomic E-state index is -1.08. The van der Waals surface area contributed by atoms with Gasteiger partial charge in [0.2, 0.25) is 5.91 Å². The van der Waals surface area contributed by atoms with Crippen molar-refractivity contribution in [2.45, 2.75) is 26.3 Å². The number of amides is 1. The smallest absolute Gasteiger partial charge is 0.326 e. The van der Waals surface area contributed by atoms with Crippen LogP contribution in [-0.2, 0) is 16.0 Å². The summed E-state index contributed by atoms with van der Waals surface area (Å²) in [4.78, 5) is 34.8. The van der Waals surface area contributed by atoms with Gasteiger partial charge in [-0.1, -0.05) is 32.0 Å². The molecule has 0 aliphatic carbocycles. The monoisotopic (exact) mass is 303 g/mol. The van der Waals surface area contributed by atoms with Crippen LogP contribution in [0.3, 0.4) is 0 Å². The third kappa shape index (κ3) is 3.30. The molecule has 0 radical (unpaired) electrons. The number of benzene rings is 1. The molecule has 1 heterocycles. The topological polar surface area (TPSA) is 112 Å². The summed E-state index contributed by atoms with van der Waals surface area (Å²) in [7, 11) is 0. The first-order valence-corrected chi connectivity index (χ1v) is 6.88. The molecule has 0 saturated heterocycles. The minimum Gasteiger partial charge on any atom is -0.480 e. The zero-order valence-electron chi connectivity index (χ0n) is 12.3. The number of nitrogens with one attached hydrogen (secondary N) is 2. The van der Waals surface area contributed by atoms with Crippen LogP contribution in [0.15, 0.2) is 29.1 Å². The number of carboxylic acid groups (broad SMARTS) is 1. The molecule has 0 aliphatic heterocycles. The Balaban J connectivity index is 2.24. The van der Waals surface area contributed by atoms with Crippen LogP contribution in [0.2, 0.25) is 0 Å². The molecule has 2 aromatic rings. The maximum Gasteiger partial charge on any atom is 0.326 e. The second-order valence-corrected chi connectivity index (χ2v) is 5.35. The van der Waals surface area contributed by atoms with Crippen molar-refractivity contribution in [3.05, 3.63) is 40.3 Å². The van der Waals surface area contributed by atoms with Crippen LogP contribution < -0.4 is 10.9 Å². The van der Waals surface area contributed by atoms with Crippen LogP contribution >= 0.6 is 0 Å². The van der Waals surface area contributed by atoms with E-state index in [4.69, 9.17) is 5.11 Å². The molecule has 3 N–H and O–H groups in total. The standard InChI is InChI=1S/C15H17N3O4/c1-8(2)13(15(21)22)16-12(19)7-11-9-5-3-4-6-10(9)14(20)18-17-11/h3-6,8,13H,7H2,1-2H3,(H,16,19)(H,18,20)(H,21,22)/t13-/m0/s1. The van der Waals surface area contributed by atoms with E-state index in [1.54, 1.807) is 38.1 Å². The lowest BCUT2D eigenvalue weighted by molar-refractivity contribution is -0.143. The van der Waals surface area contributed by atoms with Gasteiger partial charge in [-0.25, -0.2) is 9.89 Å². The number of aromatic nitrogens is 2. The third-order valence-corrected chi connectivity index (χ3v) is 3.35. The van der Waals surface area contributed by atoms with Gasteiger partial charge in [-0.2, -0.15) is 5.10 Å². The first kappa shape index (κ1) is 15.7. The summed E-state index contributed by atoms with van der Waals surface area (Å²) in [6, 6.07) is 5.86. The van der Waals surface area contributed by atoms with Crippen molar-refractivity contribution in [1.82, 2.24) is 15.5 Å². The highest BCUT2D eigenvalue weighted by molar-refractivity contribution is 5.90. The average Bonchev–Trinajstić information content (AvgIpc) is 2.47. The number of aliphatic carboxylic acids is 1. The van der Waals surface area contributed by atoms with Gasteiger partial charge in [-0.3, -0.25) is 9.59 Å². The van der Waals surface area contributed by atoms with Gasteiger partial charge in [0.1, 0.15) is 6.04 Å². The van der Waals surface area contributed by atoms with E-state index in [2.05, 4.69) is 15.5 Å². The van der Waals surface area contributed by atoms with Gasteiger partial charge >= 0.3 is 5.97 Å². The third-order valence-electron chi connectivity index (χ3n) is 3.35. The first-order chi connectivity index (χ1) is 10.4. The van der Waals surface area contributed by atoms with Crippen LogP contribution in [0.4, 0.5) is 0 Å². The Morgan fingerprint density at radius 3 is 2.50 bits per heavy atom. The number of hydrogen-bond donors (Lipinski definition) is 3. The van der Waals surface area contributed by atoms with Crippen molar-refractivity contribution in [2.24, 2.45) is 5.92 Å². The highest BCUT2D eigenvalue weighted by Crippen LogP contribution is 2.13. The van der Waals surface area contributed by atoms with Gasteiger partial charge in [-0.15, -0.1) is 0 Å². The van der Waals surface area contributed by atoms with Crippen molar-refractivity contribution in [1.29, 1.82) is 0 Å². The molecule has 1 atom stereocenters. The highest BCUT2D eigenvalue weighted by Gasteiger charge is 2.23. The van der Waals surface area contributed by atoms with Crippen molar-refractivity contribution >= 4 is 22.6 Å². The molecule has 1 aromatic carbocycles. The molecule has 7 heteroatoms. The second kappa shape index (κ2) is 6.38. The molecule has 0 unspecified atom stereocenters. The van der Waals surface area contributed by atoms with E-state index >= 15 is 0 Å². The number of carbonyl (C=O) groups excluding carboxylic acids is 1. The molecule has 7 nitrogen and oxygen atoms in total. The number of nitrogens with zero attached hydrogens (tertiary/aromatic N) is 1. The summed E-state index contributed by atoms with van der Waals surface area (Å²) in [5, 5.41) is 18.8. The molecule has 0 fully saturated rings. The molecule has 0 spiro atoms. The predicted octanol–water partition coefficient (Wildman–Crippen LogP) is 0.691. The largest absolute Gasteiger partial charge is 0.480 e. The van der Waals surface area contributed by atoms with Gasteiger partial charge in [0.05, 0.1) is 17.5 Å². The van der Waals surface area contributed by atoms with Gasteiger partial charge < -0.3 is 10.4 Å². The predicted molar refractivity (Wildman–Crippen MR) is 80.5 cm³/mol. The fourth-order valence-corrected chi connectivity index (χ4v) is 2.20. The Hall–Kier alpha value is -2.70. The Bertz CT molecular complexity index is 767. The average molecular weight is 303 g/mol. The molecule has 116 valence electrons. The lowest BCUT2D eigenvalue weighted by Gasteiger charge is -2.17. The molecule has 1 amide bonds. The fourth-order valence-electron chi connectivity index (χ4n) is 2.20. The fraction of sp³-hybridized carbons (Fsp3) is 0.333. The number of carbonyl (C=O) groups is 2. The van der Waals surface area contributed by atoms with Crippen LogP contribution in [0.1, 0.15) is 19.5 Å². The Morgan fingerprint density at radius 1 is 1.27 bits per heavy atom. The molecule has 2 rings (SSSR count). The lowest BCUT2D eigenvalue weighted by Crippen LogP contribution is -2.45. The summed E-state index contributed by atoms with van der Waals surface area (Å²) < 4.78 is 0. The second-order valence-electron chi connectivity index (χ2n) is 5.35. The maximum absolute atomic E-state index is 12.1. The Labute approximate surface area is 126 Å².